The Morgan fingerprint density at radius 1 is 1.10 bits per heavy atom. The monoisotopic (exact) mass is 409 g/mol. The zero-order valence-corrected chi connectivity index (χ0v) is 17.2. The Balaban J connectivity index is 1.68. The third-order valence-corrected chi connectivity index (χ3v) is 5.01. The number of pyridine rings is 1. The molecule has 0 spiro atoms. The molecule has 0 fully saturated rings. The summed E-state index contributed by atoms with van der Waals surface area (Å²) in [6.07, 6.45) is 5.15. The Morgan fingerprint density at radius 2 is 1.90 bits per heavy atom. The van der Waals surface area contributed by atoms with Gasteiger partial charge in [0.15, 0.2) is 5.16 Å². The third kappa shape index (κ3) is 6.27. The topological polar surface area (TPSA) is 80.2 Å². The van der Waals surface area contributed by atoms with Crippen LogP contribution in [-0.2, 0) is 11.3 Å². The fraction of sp³-hybridized carbons (Fsp3) is 0.238. The number of aromatic nitrogens is 3. The molecule has 29 heavy (non-hydrogen) atoms. The fourth-order valence-corrected chi connectivity index (χ4v) is 3.43. The highest BCUT2D eigenvalue weighted by atomic mass is 32.2. The largest absolute Gasteiger partial charge is 0.383 e. The van der Waals surface area contributed by atoms with Crippen LogP contribution in [-0.4, -0.2) is 46.1 Å². The van der Waals surface area contributed by atoms with E-state index in [4.69, 9.17) is 4.74 Å². The summed E-state index contributed by atoms with van der Waals surface area (Å²) >= 11 is 1.48. The summed E-state index contributed by atoms with van der Waals surface area (Å²) in [4.78, 5) is 28.3. The molecule has 8 heteroatoms. The summed E-state index contributed by atoms with van der Waals surface area (Å²) < 4.78 is 5.15. The van der Waals surface area contributed by atoms with Crippen molar-refractivity contribution < 1.29 is 9.53 Å². The molecule has 0 atom stereocenters. The summed E-state index contributed by atoms with van der Waals surface area (Å²) in [5.41, 5.74) is 2.55. The van der Waals surface area contributed by atoms with Crippen LogP contribution in [0, 0.1) is 6.92 Å². The average molecular weight is 410 g/mol. The van der Waals surface area contributed by atoms with Crippen LogP contribution in [0.1, 0.15) is 11.3 Å². The van der Waals surface area contributed by atoms with Gasteiger partial charge in [0.2, 0.25) is 0 Å². The molecule has 150 valence electrons. The molecule has 0 bridgehead atoms. The lowest BCUT2D eigenvalue weighted by Gasteiger charge is -2.23. The highest BCUT2D eigenvalue weighted by molar-refractivity contribution is 7.99. The minimum absolute atomic E-state index is 0.192. The number of anilines is 1. The van der Waals surface area contributed by atoms with Gasteiger partial charge < -0.3 is 15.0 Å². The summed E-state index contributed by atoms with van der Waals surface area (Å²) in [5, 5.41) is 3.68. The molecule has 0 radical (unpaired) electrons. The van der Waals surface area contributed by atoms with Crippen LogP contribution in [0.4, 0.5) is 10.5 Å². The number of ether oxygens (including phenoxy) is 1. The number of rotatable bonds is 8. The number of carbonyl (C=O) groups excluding carboxylic acids is 1. The lowest BCUT2D eigenvalue weighted by Crippen LogP contribution is -2.37. The zero-order valence-electron chi connectivity index (χ0n) is 16.4. The highest BCUT2D eigenvalue weighted by Crippen LogP contribution is 2.28. The molecule has 0 aliphatic rings. The Kier molecular flexibility index (Phi) is 7.54. The van der Waals surface area contributed by atoms with Crippen LogP contribution in [0.2, 0.25) is 0 Å². The van der Waals surface area contributed by atoms with E-state index in [9.17, 15) is 4.79 Å². The van der Waals surface area contributed by atoms with E-state index in [1.807, 2.05) is 43.3 Å². The molecule has 1 N–H and O–H groups in total. The number of nitrogens with one attached hydrogen (secondary N) is 1. The van der Waals surface area contributed by atoms with E-state index in [0.29, 0.717) is 24.9 Å². The third-order valence-electron chi connectivity index (χ3n) is 4.12. The zero-order chi connectivity index (χ0) is 20.5. The van der Waals surface area contributed by atoms with Gasteiger partial charge in [-0.1, -0.05) is 6.07 Å². The van der Waals surface area contributed by atoms with E-state index in [2.05, 4.69) is 20.3 Å². The summed E-state index contributed by atoms with van der Waals surface area (Å²) in [5.74, 6) is 0. The predicted molar refractivity (Wildman–Crippen MR) is 113 cm³/mol. The molecule has 7 nitrogen and oxygen atoms in total. The molecular formula is C21H23N5O2S. The van der Waals surface area contributed by atoms with Crippen molar-refractivity contribution in [2.75, 3.05) is 25.6 Å². The second-order valence-electron chi connectivity index (χ2n) is 6.28. The van der Waals surface area contributed by atoms with Crippen LogP contribution in [0.3, 0.4) is 0 Å². The van der Waals surface area contributed by atoms with E-state index in [0.717, 1.165) is 21.8 Å². The molecule has 0 aliphatic heterocycles. The summed E-state index contributed by atoms with van der Waals surface area (Å²) in [6.45, 7) is 3.29. The van der Waals surface area contributed by atoms with E-state index in [1.54, 1.807) is 36.7 Å². The standard InChI is InChI=1S/C21H23N5O2S/c1-16-14-18(29-20-23-10-5-11-24-20)7-8-19(16)25-21(27)26(12-13-28-2)15-17-6-3-4-9-22-17/h3-11,14H,12-13,15H2,1-2H3,(H,25,27). The fourth-order valence-electron chi connectivity index (χ4n) is 2.62. The quantitative estimate of drug-likeness (QED) is 0.566. The normalized spacial score (nSPS) is 10.6. The van der Waals surface area contributed by atoms with Gasteiger partial charge in [-0.05, 0) is 60.6 Å². The average Bonchev–Trinajstić information content (AvgIpc) is 2.74. The molecule has 2 amide bonds. The van der Waals surface area contributed by atoms with Gasteiger partial charge in [-0.2, -0.15) is 0 Å². The van der Waals surface area contributed by atoms with Crippen LogP contribution in [0.25, 0.3) is 0 Å². The van der Waals surface area contributed by atoms with Gasteiger partial charge in [0.25, 0.3) is 0 Å². The van der Waals surface area contributed by atoms with Gasteiger partial charge in [-0.3, -0.25) is 4.98 Å². The molecular weight excluding hydrogens is 386 g/mol. The van der Waals surface area contributed by atoms with E-state index >= 15 is 0 Å². The highest BCUT2D eigenvalue weighted by Gasteiger charge is 2.16. The first-order valence-corrected chi connectivity index (χ1v) is 9.97. The second kappa shape index (κ2) is 10.5. The van der Waals surface area contributed by atoms with E-state index in [1.165, 1.54) is 11.8 Å². The van der Waals surface area contributed by atoms with Crippen molar-refractivity contribution in [1.29, 1.82) is 0 Å². The molecule has 0 aliphatic carbocycles. The number of amides is 2. The van der Waals surface area contributed by atoms with Crippen molar-refractivity contribution in [3.8, 4) is 0 Å². The molecule has 3 aromatic rings. The number of benzene rings is 1. The summed E-state index contributed by atoms with van der Waals surface area (Å²) in [7, 11) is 1.62. The number of methoxy groups -OCH3 is 1. The van der Waals surface area contributed by atoms with Crippen LogP contribution < -0.4 is 5.32 Å². The van der Waals surface area contributed by atoms with E-state index < -0.39 is 0 Å². The van der Waals surface area contributed by atoms with Gasteiger partial charge in [0.1, 0.15) is 0 Å². The number of nitrogens with zero attached hydrogens (tertiary/aromatic N) is 4. The first kappa shape index (κ1) is 20.8. The lowest BCUT2D eigenvalue weighted by atomic mass is 10.2. The number of carbonyl (C=O) groups is 1. The molecule has 0 unspecified atom stereocenters. The van der Waals surface area contributed by atoms with Crippen molar-refractivity contribution in [2.24, 2.45) is 0 Å². The van der Waals surface area contributed by atoms with Crippen molar-refractivity contribution >= 4 is 23.5 Å². The second-order valence-corrected chi connectivity index (χ2v) is 7.32. The minimum Gasteiger partial charge on any atom is -0.383 e. The van der Waals surface area contributed by atoms with Crippen LogP contribution >= 0.6 is 11.8 Å². The van der Waals surface area contributed by atoms with Gasteiger partial charge in [0, 0.05) is 42.8 Å². The Bertz CT molecular complexity index is 925. The molecule has 0 saturated heterocycles. The van der Waals surface area contributed by atoms with Crippen molar-refractivity contribution in [1.82, 2.24) is 19.9 Å². The SMILES string of the molecule is COCCN(Cc1ccccn1)C(=O)Nc1ccc(Sc2ncccn2)cc1C. The van der Waals surface area contributed by atoms with Gasteiger partial charge >= 0.3 is 6.03 Å². The Labute approximate surface area is 174 Å². The van der Waals surface area contributed by atoms with Crippen molar-refractivity contribution in [2.45, 2.75) is 23.5 Å². The molecule has 3 rings (SSSR count). The maximum absolute atomic E-state index is 12.9. The van der Waals surface area contributed by atoms with Crippen molar-refractivity contribution in [3.63, 3.8) is 0 Å². The van der Waals surface area contributed by atoms with Gasteiger partial charge in [-0.25, -0.2) is 14.8 Å². The van der Waals surface area contributed by atoms with E-state index in [-0.39, 0.29) is 6.03 Å². The smallest absolute Gasteiger partial charge is 0.322 e. The van der Waals surface area contributed by atoms with Crippen molar-refractivity contribution in [3.05, 3.63) is 72.3 Å². The first-order chi connectivity index (χ1) is 14.2. The van der Waals surface area contributed by atoms with Crippen LogP contribution in [0.15, 0.2) is 71.1 Å². The number of hydrogen-bond acceptors (Lipinski definition) is 6. The number of hydrogen-bond donors (Lipinski definition) is 1. The predicted octanol–water partition coefficient (Wildman–Crippen LogP) is 4.01. The number of aryl methyl sites for hydroxylation is 1. The summed E-state index contributed by atoms with van der Waals surface area (Å²) in [6, 6.07) is 13.1. The first-order valence-electron chi connectivity index (χ1n) is 9.16. The number of urea groups is 1. The molecule has 2 aromatic heterocycles. The molecule has 1 aromatic carbocycles. The molecule has 0 saturated carbocycles. The molecule has 2 heterocycles. The minimum atomic E-state index is -0.192. The van der Waals surface area contributed by atoms with Gasteiger partial charge in [-0.15, -0.1) is 0 Å². The maximum atomic E-state index is 12.9. The lowest BCUT2D eigenvalue weighted by molar-refractivity contribution is 0.152. The van der Waals surface area contributed by atoms with Crippen LogP contribution in [0.5, 0.6) is 0 Å². The Hall–Kier alpha value is -2.97. The Morgan fingerprint density at radius 3 is 2.59 bits per heavy atom. The maximum Gasteiger partial charge on any atom is 0.322 e. The van der Waals surface area contributed by atoms with Gasteiger partial charge in [0.05, 0.1) is 18.8 Å².